The van der Waals surface area contributed by atoms with Crippen molar-refractivity contribution in [3.63, 3.8) is 0 Å². The Labute approximate surface area is 261 Å². The molecule has 1 aromatic carbocycles. The molecular weight excluding hydrogens is 567 g/mol. The quantitative estimate of drug-likeness (QED) is 0.0822. The summed E-state index contributed by atoms with van der Waals surface area (Å²) in [5.74, 6) is 1.89. The van der Waals surface area contributed by atoms with Gasteiger partial charge in [0.1, 0.15) is 0 Å². The molecule has 0 spiro atoms. The van der Waals surface area contributed by atoms with E-state index in [1.807, 2.05) is 13.8 Å². The molecule has 4 unspecified atom stereocenters. The molecular formula is C34H61O6PS. The molecule has 2 N–H and O–H groups in total. The van der Waals surface area contributed by atoms with E-state index in [1.165, 1.54) is 80.4 Å². The zero-order valence-electron chi connectivity index (χ0n) is 27.4. The number of benzene rings is 1. The monoisotopic (exact) mass is 628 g/mol. The summed E-state index contributed by atoms with van der Waals surface area (Å²) in [7, 11) is -3.97. The van der Waals surface area contributed by atoms with Gasteiger partial charge in [-0.15, -0.1) is 0 Å². The average Bonchev–Trinajstić information content (AvgIpc) is 2.93. The third-order valence-electron chi connectivity index (χ3n) is 7.73. The van der Waals surface area contributed by atoms with Gasteiger partial charge in [0, 0.05) is 0 Å². The first-order chi connectivity index (χ1) is 19.9. The molecule has 0 aliphatic carbocycles. The molecule has 0 amide bonds. The molecule has 244 valence electrons. The van der Waals surface area contributed by atoms with Crippen molar-refractivity contribution in [2.75, 3.05) is 24.3 Å². The molecule has 0 fully saturated rings. The van der Waals surface area contributed by atoms with Gasteiger partial charge in [-0.25, -0.2) is 4.79 Å². The maximum absolute atomic E-state index is 12.1. The third kappa shape index (κ3) is 18.1. The number of hydrogen-bond acceptors (Lipinski definition) is 5. The van der Waals surface area contributed by atoms with E-state index in [-0.39, 0.29) is 18.1 Å². The van der Waals surface area contributed by atoms with Gasteiger partial charge in [-0.3, -0.25) is 4.57 Å². The van der Waals surface area contributed by atoms with Gasteiger partial charge in [-0.2, -0.15) is 11.8 Å². The lowest BCUT2D eigenvalue weighted by molar-refractivity contribution is -0.152. The van der Waals surface area contributed by atoms with E-state index in [0.29, 0.717) is 12.3 Å². The minimum absolute atomic E-state index is 0.126. The molecule has 0 aliphatic heterocycles. The fourth-order valence-corrected chi connectivity index (χ4v) is 7.37. The number of ether oxygens (including phenoxy) is 1. The zero-order valence-corrected chi connectivity index (χ0v) is 29.2. The predicted octanol–water partition coefficient (Wildman–Crippen LogP) is 9.97. The molecule has 0 aromatic heterocycles. The van der Waals surface area contributed by atoms with Crippen LogP contribution < -0.4 is 0 Å². The Hall–Kier alpha value is -0.850. The van der Waals surface area contributed by atoms with Gasteiger partial charge in [-0.05, 0) is 73.0 Å². The lowest BCUT2D eigenvalue weighted by Gasteiger charge is -2.22. The SMILES string of the molecule is CCCCCC(CCSCCCCCCCCC(C)OC(CP(=O)(O)OCCC)C(=O)O)c1ccc(C(C)(C)C)cc1. The van der Waals surface area contributed by atoms with Crippen molar-refractivity contribution in [2.45, 2.75) is 149 Å². The maximum Gasteiger partial charge on any atom is 0.333 e. The van der Waals surface area contributed by atoms with Crippen LogP contribution in [-0.4, -0.2) is 52.5 Å². The van der Waals surface area contributed by atoms with Crippen molar-refractivity contribution in [3.8, 4) is 0 Å². The molecule has 0 radical (unpaired) electrons. The van der Waals surface area contributed by atoms with E-state index < -0.39 is 25.8 Å². The number of unbranched alkanes of at least 4 members (excludes halogenated alkanes) is 7. The maximum atomic E-state index is 12.1. The van der Waals surface area contributed by atoms with E-state index in [0.717, 1.165) is 19.3 Å². The summed E-state index contributed by atoms with van der Waals surface area (Å²) in [5.41, 5.74) is 3.11. The van der Waals surface area contributed by atoms with Crippen LogP contribution in [0, 0.1) is 0 Å². The number of carbonyl (C=O) groups is 1. The first-order valence-corrected chi connectivity index (χ1v) is 19.3. The Kier molecular flexibility index (Phi) is 20.3. The summed E-state index contributed by atoms with van der Waals surface area (Å²) in [6, 6.07) is 9.40. The minimum Gasteiger partial charge on any atom is -0.479 e. The Morgan fingerprint density at radius 2 is 1.50 bits per heavy atom. The van der Waals surface area contributed by atoms with E-state index in [9.17, 15) is 19.4 Å². The van der Waals surface area contributed by atoms with Crippen LogP contribution in [0.25, 0.3) is 0 Å². The van der Waals surface area contributed by atoms with Gasteiger partial charge in [-0.1, -0.05) is 110 Å². The van der Waals surface area contributed by atoms with Crippen LogP contribution in [0.2, 0.25) is 0 Å². The van der Waals surface area contributed by atoms with Crippen LogP contribution in [0.15, 0.2) is 24.3 Å². The van der Waals surface area contributed by atoms with Crippen molar-refractivity contribution in [3.05, 3.63) is 35.4 Å². The number of aliphatic carboxylic acids is 1. The fourth-order valence-electron chi connectivity index (χ4n) is 5.07. The topological polar surface area (TPSA) is 93.1 Å². The Balaban J connectivity index is 2.22. The Morgan fingerprint density at radius 1 is 0.881 bits per heavy atom. The molecule has 0 saturated carbocycles. The van der Waals surface area contributed by atoms with Crippen molar-refractivity contribution >= 4 is 25.3 Å². The highest BCUT2D eigenvalue weighted by atomic mass is 32.2. The predicted molar refractivity (Wildman–Crippen MR) is 179 cm³/mol. The van der Waals surface area contributed by atoms with Crippen molar-refractivity contribution in [2.24, 2.45) is 0 Å². The average molecular weight is 629 g/mol. The lowest BCUT2D eigenvalue weighted by atomic mass is 9.84. The highest BCUT2D eigenvalue weighted by Crippen LogP contribution is 2.43. The highest BCUT2D eigenvalue weighted by Gasteiger charge is 2.31. The van der Waals surface area contributed by atoms with Crippen LogP contribution in [0.3, 0.4) is 0 Å². The first kappa shape index (κ1) is 39.2. The van der Waals surface area contributed by atoms with Gasteiger partial charge in [0.15, 0.2) is 6.10 Å². The molecule has 4 atom stereocenters. The Morgan fingerprint density at radius 3 is 2.10 bits per heavy atom. The molecule has 6 nitrogen and oxygen atoms in total. The molecule has 8 heteroatoms. The summed E-state index contributed by atoms with van der Waals surface area (Å²) in [6.07, 6.45) is 12.6. The third-order valence-corrected chi connectivity index (χ3v) is 10.2. The zero-order chi connectivity index (χ0) is 31.4. The standard InChI is InChI=1S/C34H61O6PS/c1-7-9-14-18-29(30-19-21-31(22-20-30)34(4,5)6)23-26-42-25-16-13-11-10-12-15-17-28(3)40-32(33(35)36)27-41(37,38)39-24-8-2/h19-22,28-29,32H,7-18,23-27H2,1-6H3,(H,35,36)(H,37,38). The molecule has 0 bridgehead atoms. The number of rotatable bonds is 25. The fraction of sp³-hybridized carbons (Fsp3) is 0.794. The van der Waals surface area contributed by atoms with Crippen molar-refractivity contribution in [1.29, 1.82) is 0 Å². The lowest BCUT2D eigenvalue weighted by Crippen LogP contribution is -2.31. The number of hydrogen-bond donors (Lipinski definition) is 2. The molecule has 1 rings (SSSR count). The van der Waals surface area contributed by atoms with Gasteiger partial charge < -0.3 is 19.3 Å². The summed E-state index contributed by atoms with van der Waals surface area (Å²) >= 11 is 2.10. The summed E-state index contributed by atoms with van der Waals surface area (Å²) < 4.78 is 22.6. The number of carboxylic acid groups (broad SMARTS) is 1. The van der Waals surface area contributed by atoms with Gasteiger partial charge in [0.05, 0.1) is 18.9 Å². The summed E-state index contributed by atoms with van der Waals surface area (Å²) in [5, 5.41) is 9.40. The summed E-state index contributed by atoms with van der Waals surface area (Å²) in [4.78, 5) is 21.4. The Bertz CT molecular complexity index is 885. The summed E-state index contributed by atoms with van der Waals surface area (Å²) in [6.45, 7) is 12.9. The van der Waals surface area contributed by atoms with Gasteiger partial charge in [0.2, 0.25) is 0 Å². The normalized spacial score (nSPS) is 15.7. The van der Waals surface area contributed by atoms with Gasteiger partial charge >= 0.3 is 13.6 Å². The molecule has 42 heavy (non-hydrogen) atoms. The van der Waals surface area contributed by atoms with Crippen LogP contribution in [-0.2, 0) is 24.0 Å². The van der Waals surface area contributed by atoms with Gasteiger partial charge in [0.25, 0.3) is 0 Å². The van der Waals surface area contributed by atoms with Crippen molar-refractivity contribution in [1.82, 2.24) is 0 Å². The van der Waals surface area contributed by atoms with Crippen molar-refractivity contribution < 1.29 is 28.6 Å². The van der Waals surface area contributed by atoms with E-state index in [4.69, 9.17) is 9.26 Å². The van der Waals surface area contributed by atoms with E-state index >= 15 is 0 Å². The molecule has 1 aromatic rings. The second-order valence-electron chi connectivity index (χ2n) is 12.8. The number of carboxylic acids is 1. The smallest absolute Gasteiger partial charge is 0.333 e. The second kappa shape index (κ2) is 21.8. The van der Waals surface area contributed by atoms with Crippen LogP contribution >= 0.6 is 19.4 Å². The second-order valence-corrected chi connectivity index (χ2v) is 15.9. The van der Waals surface area contributed by atoms with E-state index in [2.05, 4.69) is 63.7 Å². The van der Waals surface area contributed by atoms with E-state index in [1.54, 1.807) is 0 Å². The van der Waals surface area contributed by atoms with Crippen LogP contribution in [0.4, 0.5) is 0 Å². The molecule has 0 aliphatic rings. The van der Waals surface area contributed by atoms with Crippen LogP contribution in [0.1, 0.15) is 142 Å². The number of thioether (sulfide) groups is 1. The molecule has 0 saturated heterocycles. The highest BCUT2D eigenvalue weighted by molar-refractivity contribution is 7.99. The largest absolute Gasteiger partial charge is 0.479 e. The minimum atomic E-state index is -3.97. The first-order valence-electron chi connectivity index (χ1n) is 16.4. The van der Waals surface area contributed by atoms with Crippen LogP contribution in [0.5, 0.6) is 0 Å². The molecule has 0 heterocycles.